The molecule has 1 aromatic heterocycles. The Morgan fingerprint density at radius 1 is 1.23 bits per heavy atom. The SMILES string of the molecule is CC(C)N(Cc1ccc(C#N)cc1)C(=O)CCCNC(=O)c1ccsc1. The van der Waals surface area contributed by atoms with Crippen molar-refractivity contribution in [1.82, 2.24) is 10.2 Å². The van der Waals surface area contributed by atoms with Crippen molar-refractivity contribution in [1.29, 1.82) is 5.26 Å². The lowest BCUT2D eigenvalue weighted by molar-refractivity contribution is -0.133. The molecule has 0 bridgehead atoms. The number of benzene rings is 1. The van der Waals surface area contributed by atoms with Gasteiger partial charge < -0.3 is 10.2 Å². The molecule has 1 heterocycles. The number of carbonyl (C=O) groups excluding carboxylic acids is 2. The summed E-state index contributed by atoms with van der Waals surface area (Å²) in [7, 11) is 0. The van der Waals surface area contributed by atoms with E-state index in [4.69, 9.17) is 5.26 Å². The summed E-state index contributed by atoms with van der Waals surface area (Å²) >= 11 is 1.48. The number of amides is 2. The van der Waals surface area contributed by atoms with Crippen LogP contribution in [0.2, 0.25) is 0 Å². The van der Waals surface area contributed by atoms with Gasteiger partial charge in [0.25, 0.3) is 5.91 Å². The zero-order valence-electron chi connectivity index (χ0n) is 15.1. The van der Waals surface area contributed by atoms with E-state index in [1.807, 2.05) is 36.3 Å². The van der Waals surface area contributed by atoms with Gasteiger partial charge >= 0.3 is 0 Å². The number of nitriles is 1. The summed E-state index contributed by atoms with van der Waals surface area (Å²) in [4.78, 5) is 26.2. The molecule has 0 radical (unpaired) electrons. The van der Waals surface area contributed by atoms with Gasteiger partial charge in [-0.25, -0.2) is 0 Å². The van der Waals surface area contributed by atoms with Gasteiger partial charge in [-0.05, 0) is 49.4 Å². The fourth-order valence-electron chi connectivity index (χ4n) is 2.52. The van der Waals surface area contributed by atoms with Crippen LogP contribution in [0.25, 0.3) is 0 Å². The van der Waals surface area contributed by atoms with Crippen LogP contribution in [-0.4, -0.2) is 29.3 Å². The molecule has 0 fully saturated rings. The Balaban J connectivity index is 1.82. The lowest BCUT2D eigenvalue weighted by Crippen LogP contribution is -2.36. The van der Waals surface area contributed by atoms with Crippen molar-refractivity contribution >= 4 is 23.2 Å². The van der Waals surface area contributed by atoms with Crippen LogP contribution in [0, 0.1) is 11.3 Å². The van der Waals surface area contributed by atoms with Gasteiger partial charge in [0.15, 0.2) is 0 Å². The van der Waals surface area contributed by atoms with Crippen LogP contribution in [0.4, 0.5) is 0 Å². The Morgan fingerprint density at radius 3 is 2.54 bits per heavy atom. The second-order valence-electron chi connectivity index (χ2n) is 6.30. The molecule has 1 N–H and O–H groups in total. The number of hydrogen-bond donors (Lipinski definition) is 1. The highest BCUT2D eigenvalue weighted by molar-refractivity contribution is 7.08. The minimum Gasteiger partial charge on any atom is -0.352 e. The highest BCUT2D eigenvalue weighted by atomic mass is 32.1. The molecule has 136 valence electrons. The average Bonchev–Trinajstić information content (AvgIpc) is 3.18. The summed E-state index contributed by atoms with van der Waals surface area (Å²) < 4.78 is 0. The lowest BCUT2D eigenvalue weighted by Gasteiger charge is -2.27. The molecule has 0 aliphatic rings. The zero-order chi connectivity index (χ0) is 18.9. The Labute approximate surface area is 158 Å². The van der Waals surface area contributed by atoms with Crippen molar-refractivity contribution in [2.24, 2.45) is 0 Å². The minimum absolute atomic E-state index is 0.0640. The van der Waals surface area contributed by atoms with E-state index in [2.05, 4.69) is 11.4 Å². The topological polar surface area (TPSA) is 73.2 Å². The summed E-state index contributed by atoms with van der Waals surface area (Å²) in [6.45, 7) is 4.96. The molecule has 0 aliphatic heterocycles. The van der Waals surface area contributed by atoms with Gasteiger partial charge in [-0.3, -0.25) is 9.59 Å². The number of rotatable bonds is 8. The van der Waals surface area contributed by atoms with Gasteiger partial charge in [0.1, 0.15) is 0 Å². The summed E-state index contributed by atoms with van der Waals surface area (Å²) in [5.41, 5.74) is 2.26. The fourth-order valence-corrected chi connectivity index (χ4v) is 3.16. The lowest BCUT2D eigenvalue weighted by atomic mass is 10.1. The molecule has 2 aromatic rings. The first-order chi connectivity index (χ1) is 12.5. The van der Waals surface area contributed by atoms with E-state index in [0.717, 1.165) is 5.56 Å². The predicted octanol–water partition coefficient (Wildman–Crippen LogP) is 3.57. The Morgan fingerprint density at radius 2 is 1.96 bits per heavy atom. The van der Waals surface area contributed by atoms with Crippen molar-refractivity contribution in [2.75, 3.05) is 6.54 Å². The van der Waals surface area contributed by atoms with E-state index in [9.17, 15) is 9.59 Å². The first-order valence-electron chi connectivity index (χ1n) is 8.60. The number of nitrogens with one attached hydrogen (secondary N) is 1. The molecule has 26 heavy (non-hydrogen) atoms. The monoisotopic (exact) mass is 369 g/mol. The van der Waals surface area contributed by atoms with Crippen molar-refractivity contribution in [2.45, 2.75) is 39.3 Å². The summed E-state index contributed by atoms with van der Waals surface area (Å²) in [5, 5.41) is 15.4. The molecular formula is C20H23N3O2S. The largest absolute Gasteiger partial charge is 0.352 e. The van der Waals surface area contributed by atoms with Crippen LogP contribution in [0.1, 0.15) is 48.2 Å². The number of hydrogen-bond acceptors (Lipinski definition) is 4. The molecule has 0 atom stereocenters. The number of nitrogens with zero attached hydrogens (tertiary/aromatic N) is 2. The zero-order valence-corrected chi connectivity index (χ0v) is 15.9. The normalized spacial score (nSPS) is 10.4. The Bertz CT molecular complexity index is 761. The maximum Gasteiger partial charge on any atom is 0.252 e. The van der Waals surface area contributed by atoms with E-state index in [1.54, 1.807) is 23.6 Å². The van der Waals surface area contributed by atoms with Crippen molar-refractivity contribution < 1.29 is 9.59 Å². The minimum atomic E-state index is -0.100. The Hall–Kier alpha value is -2.65. The standard InChI is InChI=1S/C20H23N3O2S/c1-15(2)23(13-17-7-5-16(12-21)6-8-17)19(24)4-3-10-22-20(25)18-9-11-26-14-18/h5-9,11,14-15H,3-4,10,13H2,1-2H3,(H,22,25). The molecule has 0 saturated carbocycles. The second kappa shape index (κ2) is 9.73. The maximum absolute atomic E-state index is 12.5. The smallest absolute Gasteiger partial charge is 0.252 e. The third-order valence-corrected chi connectivity index (χ3v) is 4.70. The molecule has 1 aromatic carbocycles. The molecule has 0 unspecified atom stereocenters. The van der Waals surface area contributed by atoms with Gasteiger partial charge in [0, 0.05) is 36.5 Å². The van der Waals surface area contributed by atoms with Gasteiger partial charge in [-0.1, -0.05) is 12.1 Å². The number of carbonyl (C=O) groups is 2. The van der Waals surface area contributed by atoms with Crippen LogP contribution in [-0.2, 0) is 11.3 Å². The van der Waals surface area contributed by atoms with Crippen molar-refractivity contribution in [3.8, 4) is 6.07 Å². The molecule has 0 saturated heterocycles. The van der Waals surface area contributed by atoms with E-state index in [0.29, 0.717) is 37.1 Å². The first-order valence-corrected chi connectivity index (χ1v) is 9.54. The van der Waals surface area contributed by atoms with Crippen LogP contribution in [0.15, 0.2) is 41.1 Å². The molecule has 0 aliphatic carbocycles. The van der Waals surface area contributed by atoms with Crippen LogP contribution in [0.3, 0.4) is 0 Å². The molecule has 6 heteroatoms. The third-order valence-electron chi connectivity index (χ3n) is 4.02. The fraction of sp³-hybridized carbons (Fsp3) is 0.350. The van der Waals surface area contributed by atoms with E-state index in [-0.39, 0.29) is 17.9 Å². The average molecular weight is 369 g/mol. The second-order valence-corrected chi connectivity index (χ2v) is 7.08. The summed E-state index contributed by atoms with van der Waals surface area (Å²) in [6, 6.07) is 11.2. The summed E-state index contributed by atoms with van der Waals surface area (Å²) in [5.74, 6) is -0.0360. The van der Waals surface area contributed by atoms with Crippen molar-refractivity contribution in [3.05, 3.63) is 57.8 Å². The molecule has 2 rings (SSSR count). The predicted molar refractivity (Wildman–Crippen MR) is 103 cm³/mol. The molecule has 0 spiro atoms. The van der Waals surface area contributed by atoms with Gasteiger partial charge in [0.2, 0.25) is 5.91 Å². The van der Waals surface area contributed by atoms with Gasteiger partial charge in [0.05, 0.1) is 11.6 Å². The molecular weight excluding hydrogens is 346 g/mol. The van der Waals surface area contributed by atoms with Gasteiger partial charge in [-0.2, -0.15) is 16.6 Å². The van der Waals surface area contributed by atoms with E-state index in [1.165, 1.54) is 11.3 Å². The maximum atomic E-state index is 12.5. The van der Waals surface area contributed by atoms with E-state index < -0.39 is 0 Å². The quantitative estimate of drug-likeness (QED) is 0.723. The van der Waals surface area contributed by atoms with Crippen LogP contribution >= 0.6 is 11.3 Å². The first kappa shape index (κ1) is 19.7. The van der Waals surface area contributed by atoms with Crippen LogP contribution in [0.5, 0.6) is 0 Å². The highest BCUT2D eigenvalue weighted by Crippen LogP contribution is 2.12. The third kappa shape index (κ3) is 5.71. The Kier molecular flexibility index (Phi) is 7.37. The van der Waals surface area contributed by atoms with Gasteiger partial charge in [-0.15, -0.1) is 0 Å². The molecule has 5 nitrogen and oxygen atoms in total. The van der Waals surface area contributed by atoms with Crippen molar-refractivity contribution in [3.63, 3.8) is 0 Å². The molecule has 2 amide bonds. The number of thiophene rings is 1. The van der Waals surface area contributed by atoms with E-state index >= 15 is 0 Å². The van der Waals surface area contributed by atoms with Crippen LogP contribution < -0.4 is 5.32 Å². The highest BCUT2D eigenvalue weighted by Gasteiger charge is 2.17. The summed E-state index contributed by atoms with van der Waals surface area (Å²) in [6.07, 6.45) is 0.990.